The first-order valence-corrected chi connectivity index (χ1v) is 6.24. The average Bonchev–Trinajstić information content (AvgIpc) is 2.51. The first kappa shape index (κ1) is 12.9. The summed E-state index contributed by atoms with van der Waals surface area (Å²) in [7, 11) is 0. The van der Waals surface area contributed by atoms with Crippen molar-refractivity contribution in [1.82, 2.24) is 15.0 Å². The van der Waals surface area contributed by atoms with Crippen LogP contribution in [0.1, 0.15) is 0 Å². The summed E-state index contributed by atoms with van der Waals surface area (Å²) in [5.74, 6) is 0.259. The molecule has 0 saturated heterocycles. The number of pyridine rings is 1. The van der Waals surface area contributed by atoms with Crippen molar-refractivity contribution in [2.45, 2.75) is 0 Å². The molecule has 6 heteroatoms. The van der Waals surface area contributed by atoms with Gasteiger partial charge in [0.2, 0.25) is 0 Å². The molecule has 3 rings (SSSR count). The number of hydrogen-bond donors (Lipinski definition) is 3. The number of aromatic hydroxyl groups is 2. The highest BCUT2D eigenvalue weighted by atomic mass is 16.3. The molecule has 0 bridgehead atoms. The van der Waals surface area contributed by atoms with Gasteiger partial charge in [-0.3, -0.25) is 4.98 Å². The molecule has 3 aromatic rings. The van der Waals surface area contributed by atoms with Crippen LogP contribution in [0.5, 0.6) is 11.5 Å². The number of rotatable bonds is 3. The minimum atomic E-state index is -0.187. The monoisotopic (exact) mass is 280 g/mol. The van der Waals surface area contributed by atoms with E-state index in [2.05, 4.69) is 20.3 Å². The number of hydrogen-bond acceptors (Lipinski definition) is 6. The molecule has 0 aliphatic carbocycles. The summed E-state index contributed by atoms with van der Waals surface area (Å²) in [5.41, 5.74) is 2.13. The number of nitrogens with one attached hydrogen (secondary N) is 1. The summed E-state index contributed by atoms with van der Waals surface area (Å²) in [6.45, 7) is 0. The molecular weight excluding hydrogens is 268 g/mol. The zero-order valence-electron chi connectivity index (χ0n) is 10.9. The average molecular weight is 280 g/mol. The van der Waals surface area contributed by atoms with E-state index in [1.54, 1.807) is 24.5 Å². The van der Waals surface area contributed by atoms with E-state index in [1.165, 1.54) is 18.5 Å². The maximum Gasteiger partial charge on any atom is 0.158 e. The number of benzene rings is 1. The molecule has 0 atom stereocenters. The third-order valence-corrected chi connectivity index (χ3v) is 2.87. The van der Waals surface area contributed by atoms with Crippen LogP contribution in [0, 0.1) is 0 Å². The van der Waals surface area contributed by atoms with Crippen molar-refractivity contribution in [2.75, 3.05) is 5.32 Å². The molecule has 0 saturated carbocycles. The van der Waals surface area contributed by atoms with Gasteiger partial charge in [0.25, 0.3) is 0 Å². The molecule has 0 spiro atoms. The molecule has 21 heavy (non-hydrogen) atoms. The lowest BCUT2D eigenvalue weighted by Crippen LogP contribution is -1.95. The molecule has 0 radical (unpaired) electrons. The molecule has 0 aliphatic rings. The molecular formula is C15H12N4O2. The lowest BCUT2D eigenvalue weighted by Gasteiger charge is -2.07. The summed E-state index contributed by atoms with van der Waals surface area (Å²) in [6, 6.07) is 9.99. The van der Waals surface area contributed by atoms with Gasteiger partial charge in [-0.2, -0.15) is 0 Å². The second-order valence-corrected chi connectivity index (χ2v) is 4.36. The second kappa shape index (κ2) is 5.46. The van der Waals surface area contributed by atoms with Crippen LogP contribution in [0.15, 0.2) is 55.1 Å². The highest BCUT2D eigenvalue weighted by molar-refractivity contribution is 5.67. The maximum atomic E-state index is 9.55. The fraction of sp³-hybridized carbons (Fsp3) is 0. The Bertz CT molecular complexity index is 763. The summed E-state index contributed by atoms with van der Waals surface area (Å²) in [6.07, 6.45) is 4.81. The Morgan fingerprint density at radius 2 is 1.86 bits per heavy atom. The Labute approximate surface area is 120 Å². The van der Waals surface area contributed by atoms with Crippen molar-refractivity contribution >= 4 is 11.5 Å². The van der Waals surface area contributed by atoms with Crippen LogP contribution in [0.2, 0.25) is 0 Å². The first-order valence-electron chi connectivity index (χ1n) is 6.24. The van der Waals surface area contributed by atoms with Gasteiger partial charge in [0, 0.05) is 17.8 Å². The second-order valence-electron chi connectivity index (χ2n) is 4.36. The highest BCUT2D eigenvalue weighted by Crippen LogP contribution is 2.30. The van der Waals surface area contributed by atoms with Gasteiger partial charge in [0.15, 0.2) is 11.5 Å². The number of anilines is 2. The van der Waals surface area contributed by atoms with Gasteiger partial charge in [-0.25, -0.2) is 9.97 Å². The minimum Gasteiger partial charge on any atom is -0.504 e. The lowest BCUT2D eigenvalue weighted by atomic mass is 10.1. The van der Waals surface area contributed by atoms with Crippen LogP contribution in [-0.4, -0.2) is 25.2 Å². The van der Waals surface area contributed by atoms with E-state index in [-0.39, 0.29) is 11.5 Å². The highest BCUT2D eigenvalue weighted by Gasteiger charge is 2.06. The Morgan fingerprint density at radius 3 is 2.62 bits per heavy atom. The molecule has 0 unspecified atom stereocenters. The fourth-order valence-electron chi connectivity index (χ4n) is 1.85. The number of nitrogens with zero attached hydrogens (tertiary/aromatic N) is 3. The number of phenolic OH excluding ortho intramolecular Hbond substituents is 2. The topological polar surface area (TPSA) is 91.2 Å². The van der Waals surface area contributed by atoms with E-state index in [0.717, 1.165) is 5.69 Å². The van der Waals surface area contributed by atoms with Crippen molar-refractivity contribution in [2.24, 2.45) is 0 Å². The molecule has 6 nitrogen and oxygen atoms in total. The van der Waals surface area contributed by atoms with Gasteiger partial charge in [-0.1, -0.05) is 0 Å². The minimum absolute atomic E-state index is 0.165. The SMILES string of the molecule is Oc1ccc(-c2cc(Nc3cccnc3)ncn2)cc1O. The third kappa shape index (κ3) is 2.89. The predicted octanol–water partition coefficient (Wildman–Crippen LogP) is 2.69. The van der Waals surface area contributed by atoms with E-state index in [9.17, 15) is 10.2 Å². The number of phenols is 2. The third-order valence-electron chi connectivity index (χ3n) is 2.87. The molecule has 104 valence electrons. The largest absolute Gasteiger partial charge is 0.504 e. The summed E-state index contributed by atoms with van der Waals surface area (Å²) >= 11 is 0. The van der Waals surface area contributed by atoms with Crippen molar-refractivity contribution in [3.8, 4) is 22.8 Å². The fourth-order valence-corrected chi connectivity index (χ4v) is 1.85. The maximum absolute atomic E-state index is 9.55. The molecule has 2 aromatic heterocycles. The van der Waals surface area contributed by atoms with Crippen LogP contribution >= 0.6 is 0 Å². The van der Waals surface area contributed by atoms with Gasteiger partial charge in [0.05, 0.1) is 17.6 Å². The van der Waals surface area contributed by atoms with Gasteiger partial charge in [-0.05, 0) is 30.3 Å². The molecule has 0 aliphatic heterocycles. The molecule has 3 N–H and O–H groups in total. The Hall–Kier alpha value is -3.15. The summed E-state index contributed by atoms with van der Waals surface area (Å²) in [4.78, 5) is 12.3. The van der Waals surface area contributed by atoms with Crippen LogP contribution in [0.3, 0.4) is 0 Å². The standard InChI is InChI=1S/C15H12N4O2/c20-13-4-3-10(6-14(13)21)12-7-15(18-9-17-12)19-11-2-1-5-16-8-11/h1-9,20-21H,(H,17,18,19). The normalized spacial score (nSPS) is 10.3. The van der Waals surface area contributed by atoms with E-state index in [0.29, 0.717) is 17.1 Å². The van der Waals surface area contributed by atoms with E-state index in [1.807, 2.05) is 12.1 Å². The first-order chi connectivity index (χ1) is 10.2. The Kier molecular flexibility index (Phi) is 3.34. The number of aromatic nitrogens is 3. The van der Waals surface area contributed by atoms with Crippen molar-refractivity contribution < 1.29 is 10.2 Å². The van der Waals surface area contributed by atoms with Gasteiger partial charge < -0.3 is 15.5 Å². The molecule has 1 aromatic carbocycles. The van der Waals surface area contributed by atoms with Gasteiger partial charge >= 0.3 is 0 Å². The zero-order valence-corrected chi connectivity index (χ0v) is 10.9. The van der Waals surface area contributed by atoms with Crippen molar-refractivity contribution in [1.29, 1.82) is 0 Å². The van der Waals surface area contributed by atoms with Gasteiger partial charge in [0.1, 0.15) is 12.1 Å². The smallest absolute Gasteiger partial charge is 0.158 e. The predicted molar refractivity (Wildman–Crippen MR) is 78.3 cm³/mol. The Morgan fingerprint density at radius 1 is 0.952 bits per heavy atom. The quantitative estimate of drug-likeness (QED) is 0.639. The lowest BCUT2D eigenvalue weighted by molar-refractivity contribution is 0.404. The van der Waals surface area contributed by atoms with Crippen LogP contribution < -0.4 is 5.32 Å². The van der Waals surface area contributed by atoms with Crippen molar-refractivity contribution in [3.63, 3.8) is 0 Å². The van der Waals surface area contributed by atoms with Crippen molar-refractivity contribution in [3.05, 3.63) is 55.1 Å². The van der Waals surface area contributed by atoms with Crippen LogP contribution in [0.4, 0.5) is 11.5 Å². The van der Waals surface area contributed by atoms with Crippen LogP contribution in [0.25, 0.3) is 11.3 Å². The van der Waals surface area contributed by atoms with Gasteiger partial charge in [-0.15, -0.1) is 0 Å². The van der Waals surface area contributed by atoms with E-state index < -0.39 is 0 Å². The summed E-state index contributed by atoms with van der Waals surface area (Å²) < 4.78 is 0. The Balaban J connectivity index is 1.91. The van der Waals surface area contributed by atoms with Crippen LogP contribution in [-0.2, 0) is 0 Å². The molecule has 2 heterocycles. The molecule has 0 fully saturated rings. The molecule has 0 amide bonds. The summed E-state index contributed by atoms with van der Waals surface area (Å²) in [5, 5.41) is 22.0. The van der Waals surface area contributed by atoms with E-state index >= 15 is 0 Å². The van der Waals surface area contributed by atoms with E-state index in [4.69, 9.17) is 0 Å². The zero-order chi connectivity index (χ0) is 14.7.